The minimum absolute atomic E-state index is 0.0378. The molecular formula is C22H26F12O. The fourth-order valence-corrected chi connectivity index (χ4v) is 5.72. The maximum Gasteiger partial charge on any atom is 0.410 e. The first-order valence-corrected chi connectivity index (χ1v) is 11.1. The molecule has 0 spiro atoms. The van der Waals surface area contributed by atoms with Crippen LogP contribution in [0.25, 0.3) is 0 Å². The molecule has 204 valence electrons. The van der Waals surface area contributed by atoms with Crippen LogP contribution in [0.2, 0.25) is 0 Å². The molecular weight excluding hydrogens is 508 g/mol. The van der Waals surface area contributed by atoms with Crippen molar-refractivity contribution in [3.05, 3.63) is 24.7 Å². The molecule has 13 heteroatoms. The van der Waals surface area contributed by atoms with E-state index in [-0.39, 0.29) is 25.7 Å². The molecule has 1 nitrogen and oxygen atoms in total. The normalized spacial score (nSPS) is 20.6. The second kappa shape index (κ2) is 9.72. The topological polar surface area (TPSA) is 9.23 Å². The van der Waals surface area contributed by atoms with Crippen LogP contribution in [0.5, 0.6) is 0 Å². The van der Waals surface area contributed by atoms with Gasteiger partial charge >= 0.3 is 24.7 Å². The second-order valence-corrected chi connectivity index (χ2v) is 9.23. The minimum Gasteiger partial charge on any atom is -0.465 e. The molecule has 0 bridgehead atoms. The van der Waals surface area contributed by atoms with Gasteiger partial charge in [-0.15, -0.1) is 0 Å². The average molecular weight is 534 g/mol. The molecule has 2 aliphatic carbocycles. The molecule has 0 atom stereocenters. The van der Waals surface area contributed by atoms with Crippen LogP contribution in [-0.2, 0) is 4.74 Å². The van der Waals surface area contributed by atoms with Crippen molar-refractivity contribution < 1.29 is 57.4 Å². The molecule has 0 aromatic heterocycles. The number of alkyl halides is 12. The van der Waals surface area contributed by atoms with Crippen LogP contribution in [0.3, 0.4) is 0 Å². The van der Waals surface area contributed by atoms with E-state index in [2.05, 4.69) is 17.9 Å². The maximum absolute atomic E-state index is 14.1. The highest BCUT2D eigenvalue weighted by Crippen LogP contribution is 2.66. The summed E-state index contributed by atoms with van der Waals surface area (Å²) < 4.78 is 174. The van der Waals surface area contributed by atoms with Gasteiger partial charge in [-0.1, -0.05) is 51.7 Å². The lowest BCUT2D eigenvalue weighted by Gasteiger charge is -2.48. The van der Waals surface area contributed by atoms with E-state index in [4.69, 9.17) is 0 Å². The SMILES string of the molecule is C=C(OC(=C)C(C1CCCCC1)(C(F)(F)F)C(F)(F)F)C(C1CCCCC1)(C(F)(F)F)C(F)(F)F. The average Bonchev–Trinajstić information content (AvgIpc) is 2.66. The van der Waals surface area contributed by atoms with Crippen LogP contribution in [0.15, 0.2) is 24.7 Å². The van der Waals surface area contributed by atoms with E-state index in [1.165, 1.54) is 0 Å². The predicted molar refractivity (Wildman–Crippen MR) is 102 cm³/mol. The van der Waals surface area contributed by atoms with Crippen molar-refractivity contribution in [1.82, 2.24) is 0 Å². The molecule has 0 N–H and O–H groups in total. The van der Waals surface area contributed by atoms with E-state index in [1.54, 1.807) is 0 Å². The molecule has 2 rings (SSSR count). The van der Waals surface area contributed by atoms with E-state index in [0.29, 0.717) is 12.8 Å². The summed E-state index contributed by atoms with van der Waals surface area (Å²) >= 11 is 0. The number of ether oxygens (including phenoxy) is 1. The van der Waals surface area contributed by atoms with Crippen molar-refractivity contribution >= 4 is 0 Å². The van der Waals surface area contributed by atoms with Gasteiger partial charge in [-0.25, -0.2) is 0 Å². The summed E-state index contributed by atoms with van der Waals surface area (Å²) in [5.74, 6) is -9.00. The molecule has 2 saturated carbocycles. The van der Waals surface area contributed by atoms with Gasteiger partial charge in [-0.2, -0.15) is 52.7 Å². The molecule has 0 aromatic rings. The van der Waals surface area contributed by atoms with Gasteiger partial charge < -0.3 is 4.74 Å². The monoisotopic (exact) mass is 534 g/mol. The molecule has 0 amide bonds. The molecule has 0 aliphatic heterocycles. The van der Waals surface area contributed by atoms with Gasteiger partial charge in [0.2, 0.25) is 10.8 Å². The summed E-state index contributed by atoms with van der Waals surface area (Å²) in [5, 5.41) is 0. The lowest BCUT2D eigenvalue weighted by molar-refractivity contribution is -0.365. The van der Waals surface area contributed by atoms with Crippen LogP contribution in [0.4, 0.5) is 52.7 Å². The largest absolute Gasteiger partial charge is 0.465 e. The van der Waals surface area contributed by atoms with E-state index in [1.807, 2.05) is 0 Å². The van der Waals surface area contributed by atoms with Crippen LogP contribution in [-0.4, -0.2) is 24.7 Å². The van der Waals surface area contributed by atoms with Gasteiger partial charge in [-0.05, 0) is 37.5 Å². The molecule has 35 heavy (non-hydrogen) atoms. The summed E-state index contributed by atoms with van der Waals surface area (Å²) in [7, 11) is 0. The van der Waals surface area contributed by atoms with Crippen molar-refractivity contribution in [3.63, 3.8) is 0 Å². The Hall–Kier alpha value is -1.56. The van der Waals surface area contributed by atoms with E-state index in [9.17, 15) is 52.7 Å². The van der Waals surface area contributed by atoms with Gasteiger partial charge in [0.15, 0.2) is 0 Å². The zero-order valence-electron chi connectivity index (χ0n) is 18.6. The highest BCUT2D eigenvalue weighted by atomic mass is 19.4. The molecule has 0 radical (unpaired) electrons. The number of hydrogen-bond donors (Lipinski definition) is 0. The molecule has 0 unspecified atom stereocenters. The van der Waals surface area contributed by atoms with E-state index >= 15 is 0 Å². The zero-order chi connectivity index (χ0) is 27.1. The summed E-state index contributed by atoms with van der Waals surface area (Å²) in [4.78, 5) is 0. The second-order valence-electron chi connectivity index (χ2n) is 9.23. The first kappa shape index (κ1) is 29.7. The zero-order valence-corrected chi connectivity index (χ0v) is 18.6. The van der Waals surface area contributed by atoms with E-state index in [0.717, 1.165) is 0 Å². The smallest absolute Gasteiger partial charge is 0.410 e. The minimum atomic E-state index is -6.16. The predicted octanol–water partition coefficient (Wildman–Crippen LogP) is 9.41. The first-order chi connectivity index (χ1) is 15.8. The number of hydrogen-bond acceptors (Lipinski definition) is 1. The van der Waals surface area contributed by atoms with Crippen LogP contribution >= 0.6 is 0 Å². The van der Waals surface area contributed by atoms with Crippen molar-refractivity contribution in [1.29, 1.82) is 0 Å². The highest BCUT2D eigenvalue weighted by molar-refractivity contribution is 5.22. The standard InChI is InChI=1S/C22H26F12O/c1-13(17(19(23,24)25,20(26,27)28)15-9-5-3-6-10-15)35-14(2)18(21(29,30)31,22(32,33)34)16-11-7-4-8-12-16/h15-16H,1-12H2. The third-order valence-corrected chi connectivity index (χ3v) is 7.35. The molecule has 0 heterocycles. The number of rotatable bonds is 6. The Morgan fingerprint density at radius 1 is 0.457 bits per heavy atom. The molecule has 0 aromatic carbocycles. The van der Waals surface area contributed by atoms with Gasteiger partial charge in [-0.3, -0.25) is 0 Å². The highest BCUT2D eigenvalue weighted by Gasteiger charge is 2.79. The fraction of sp³-hybridized carbons (Fsp3) is 0.818. The van der Waals surface area contributed by atoms with E-state index < -0.39 is 84.6 Å². The van der Waals surface area contributed by atoms with Gasteiger partial charge in [0.1, 0.15) is 11.5 Å². The molecule has 0 saturated heterocycles. The van der Waals surface area contributed by atoms with Crippen LogP contribution < -0.4 is 0 Å². The Morgan fingerprint density at radius 3 is 0.886 bits per heavy atom. The lowest BCUT2D eigenvalue weighted by atomic mass is 9.65. The fourth-order valence-electron chi connectivity index (χ4n) is 5.72. The number of halogens is 12. The summed E-state index contributed by atoms with van der Waals surface area (Å²) in [6.07, 6.45) is -26.6. The Labute approximate surface area is 194 Å². The number of allylic oxidation sites excluding steroid dienone is 2. The third-order valence-electron chi connectivity index (χ3n) is 7.35. The Kier molecular flexibility index (Phi) is 8.24. The summed E-state index contributed by atoms with van der Waals surface area (Å²) in [6, 6.07) is 0. The van der Waals surface area contributed by atoms with Crippen molar-refractivity contribution in [2.75, 3.05) is 0 Å². The van der Waals surface area contributed by atoms with Crippen molar-refractivity contribution in [2.24, 2.45) is 22.7 Å². The third kappa shape index (κ3) is 4.89. The van der Waals surface area contributed by atoms with Crippen molar-refractivity contribution in [2.45, 2.75) is 88.9 Å². The van der Waals surface area contributed by atoms with Gasteiger partial charge in [0.25, 0.3) is 0 Å². The lowest BCUT2D eigenvalue weighted by Crippen LogP contribution is -2.59. The molecule has 2 fully saturated rings. The summed E-state index contributed by atoms with van der Waals surface area (Å²) in [6.45, 7) is 5.28. The van der Waals surface area contributed by atoms with Crippen LogP contribution in [0.1, 0.15) is 64.2 Å². The first-order valence-electron chi connectivity index (χ1n) is 11.1. The summed E-state index contributed by atoms with van der Waals surface area (Å²) in [5.41, 5.74) is -9.72. The quantitative estimate of drug-likeness (QED) is 0.244. The van der Waals surface area contributed by atoms with Gasteiger partial charge in [0, 0.05) is 0 Å². The maximum atomic E-state index is 14.1. The Bertz CT molecular complexity index is 667. The van der Waals surface area contributed by atoms with Crippen molar-refractivity contribution in [3.8, 4) is 0 Å². The Morgan fingerprint density at radius 2 is 0.686 bits per heavy atom. The molecule has 2 aliphatic rings. The Balaban J connectivity index is 2.66. The van der Waals surface area contributed by atoms with Crippen LogP contribution in [0, 0.1) is 22.7 Å². The van der Waals surface area contributed by atoms with Gasteiger partial charge in [0.05, 0.1) is 0 Å².